The van der Waals surface area contributed by atoms with E-state index in [1.54, 1.807) is 55.5 Å². The predicted octanol–water partition coefficient (Wildman–Crippen LogP) is 6.24. The summed E-state index contributed by atoms with van der Waals surface area (Å²) in [6, 6.07) is 15.9. The molecule has 11 nitrogen and oxygen atoms in total. The number of benzene rings is 3. The summed E-state index contributed by atoms with van der Waals surface area (Å²) in [5.74, 6) is -0.713. The summed E-state index contributed by atoms with van der Waals surface area (Å²) in [6.07, 6.45) is -0.0302. The van der Waals surface area contributed by atoms with Gasteiger partial charge in [0.05, 0.1) is 28.6 Å². The van der Waals surface area contributed by atoms with E-state index in [0.29, 0.717) is 21.5 Å². The lowest BCUT2D eigenvalue weighted by Crippen LogP contribution is -2.27. The van der Waals surface area contributed by atoms with Crippen molar-refractivity contribution in [3.63, 3.8) is 0 Å². The minimum atomic E-state index is -1.19. The number of furan rings is 1. The van der Waals surface area contributed by atoms with Crippen LogP contribution in [0.25, 0.3) is 33.5 Å². The molecule has 2 heterocycles. The van der Waals surface area contributed by atoms with Crippen LogP contribution in [0.5, 0.6) is 5.75 Å². The average molecular weight is 595 g/mol. The minimum Gasteiger partial charge on any atom is -0.471 e. The van der Waals surface area contributed by atoms with Crippen molar-refractivity contribution >= 4 is 62.9 Å². The van der Waals surface area contributed by atoms with Gasteiger partial charge in [-0.25, -0.2) is 9.78 Å². The van der Waals surface area contributed by atoms with E-state index in [9.17, 15) is 19.7 Å². The van der Waals surface area contributed by atoms with E-state index >= 15 is 0 Å². The quantitative estimate of drug-likeness (QED) is 0.0890. The van der Waals surface area contributed by atoms with E-state index in [4.69, 9.17) is 37.1 Å². The van der Waals surface area contributed by atoms with E-state index in [-0.39, 0.29) is 39.9 Å². The van der Waals surface area contributed by atoms with Crippen LogP contribution in [-0.4, -0.2) is 39.5 Å². The Balaban J connectivity index is 1.69. The number of esters is 1. The number of carbonyl (C=O) groups is 1. The molecular formula is C28H20Cl2N4O7. The van der Waals surface area contributed by atoms with Crippen molar-refractivity contribution in [1.29, 1.82) is 0 Å². The van der Waals surface area contributed by atoms with Crippen molar-refractivity contribution in [3.05, 3.63) is 96.7 Å². The van der Waals surface area contributed by atoms with Gasteiger partial charge in [-0.3, -0.25) is 14.9 Å². The molecular weight excluding hydrogens is 575 g/mol. The zero-order valence-electron chi connectivity index (χ0n) is 21.5. The molecule has 5 aromatic rings. The van der Waals surface area contributed by atoms with Gasteiger partial charge in [0, 0.05) is 27.1 Å². The number of rotatable bonds is 8. The van der Waals surface area contributed by atoms with Gasteiger partial charge in [-0.05, 0) is 56.3 Å². The van der Waals surface area contributed by atoms with Crippen LogP contribution in [0, 0.1) is 10.1 Å². The van der Waals surface area contributed by atoms with Crippen LogP contribution in [0.1, 0.15) is 19.4 Å². The summed E-state index contributed by atoms with van der Waals surface area (Å²) in [5, 5.41) is 17.6. The van der Waals surface area contributed by atoms with Gasteiger partial charge < -0.3 is 13.9 Å². The lowest BCUT2D eigenvalue weighted by molar-refractivity contribution is -0.386. The molecule has 13 heteroatoms. The van der Waals surface area contributed by atoms with Gasteiger partial charge in [0.2, 0.25) is 11.6 Å². The smallest absolute Gasteiger partial charge is 0.347 e. The SMILES string of the molecule is CCOC(=O)[C@H](C)Oc1c(C=Nn2c(-c3cc4cc(Cl)ccc4o3)nc3ccccc3c2=O)cc(Cl)cc1[N+](=O)[O-]. The maximum absolute atomic E-state index is 13.6. The van der Waals surface area contributed by atoms with Crippen molar-refractivity contribution in [1.82, 2.24) is 9.66 Å². The number of carbonyl (C=O) groups excluding carboxylic acids is 1. The highest BCUT2D eigenvalue weighted by Gasteiger charge is 2.26. The highest BCUT2D eigenvalue weighted by atomic mass is 35.5. The van der Waals surface area contributed by atoms with Crippen molar-refractivity contribution in [2.75, 3.05) is 6.61 Å². The lowest BCUT2D eigenvalue weighted by atomic mass is 10.2. The van der Waals surface area contributed by atoms with Crippen LogP contribution >= 0.6 is 23.2 Å². The number of ether oxygens (including phenoxy) is 2. The van der Waals surface area contributed by atoms with Crippen LogP contribution < -0.4 is 10.3 Å². The predicted molar refractivity (Wildman–Crippen MR) is 154 cm³/mol. The number of para-hydroxylation sites is 1. The Bertz CT molecular complexity index is 1920. The maximum atomic E-state index is 13.6. The Kier molecular flexibility index (Phi) is 7.73. The van der Waals surface area contributed by atoms with Crippen LogP contribution in [-0.2, 0) is 9.53 Å². The molecule has 0 bridgehead atoms. The summed E-state index contributed by atoms with van der Waals surface area (Å²) in [4.78, 5) is 41.6. The van der Waals surface area contributed by atoms with Crippen LogP contribution in [0.4, 0.5) is 5.69 Å². The number of halogens is 2. The normalized spacial score (nSPS) is 12.2. The highest BCUT2D eigenvalue weighted by molar-refractivity contribution is 6.31. The highest BCUT2D eigenvalue weighted by Crippen LogP contribution is 2.35. The molecule has 0 amide bonds. The van der Waals surface area contributed by atoms with Gasteiger partial charge in [-0.2, -0.15) is 9.78 Å². The third kappa shape index (κ3) is 5.63. The number of nitro benzene ring substituents is 1. The fraction of sp³-hybridized carbons (Fsp3) is 0.143. The molecule has 0 saturated heterocycles. The van der Waals surface area contributed by atoms with Gasteiger partial charge in [-0.1, -0.05) is 35.3 Å². The number of nitrogens with zero attached hydrogens (tertiary/aromatic N) is 4. The van der Waals surface area contributed by atoms with Gasteiger partial charge in [-0.15, -0.1) is 0 Å². The van der Waals surface area contributed by atoms with E-state index in [0.717, 1.165) is 17.0 Å². The summed E-state index contributed by atoms with van der Waals surface area (Å²) in [7, 11) is 0. The summed E-state index contributed by atoms with van der Waals surface area (Å²) in [6.45, 7) is 3.11. The minimum absolute atomic E-state index is 0.00709. The van der Waals surface area contributed by atoms with Gasteiger partial charge in [0.25, 0.3) is 5.56 Å². The van der Waals surface area contributed by atoms with Crippen molar-refractivity contribution < 1.29 is 23.6 Å². The summed E-state index contributed by atoms with van der Waals surface area (Å²) in [5.41, 5.74) is -0.0880. The first-order valence-electron chi connectivity index (χ1n) is 12.2. The van der Waals surface area contributed by atoms with E-state index < -0.39 is 28.2 Å². The average Bonchev–Trinajstić information content (AvgIpc) is 3.36. The molecule has 0 spiro atoms. The summed E-state index contributed by atoms with van der Waals surface area (Å²) >= 11 is 12.3. The molecule has 0 aliphatic heterocycles. The molecule has 3 aromatic carbocycles. The van der Waals surface area contributed by atoms with Gasteiger partial charge >= 0.3 is 11.7 Å². The standard InChI is InChI=1S/C28H20Cl2N4O7/c1-3-39-28(36)15(2)40-25-17(11-19(30)13-22(25)34(37)38)14-31-33-26(32-21-7-5-4-6-20(21)27(33)35)24-12-16-10-18(29)8-9-23(16)41-24/h4-15H,3H2,1-2H3/t15-/m0/s1. The first-order valence-corrected chi connectivity index (χ1v) is 13.0. The van der Waals surface area contributed by atoms with E-state index in [2.05, 4.69) is 10.1 Å². The molecule has 0 unspecified atom stereocenters. The van der Waals surface area contributed by atoms with Gasteiger partial charge in [0.15, 0.2) is 11.9 Å². The molecule has 0 saturated carbocycles. The number of nitro groups is 1. The zero-order valence-corrected chi connectivity index (χ0v) is 23.0. The first kappa shape index (κ1) is 27.8. The Hall–Kier alpha value is -4.74. The van der Waals surface area contributed by atoms with Crippen LogP contribution in [0.15, 0.2) is 75.0 Å². The molecule has 1 atom stereocenters. The molecule has 0 aliphatic rings. The topological polar surface area (TPSA) is 139 Å². The Morgan fingerprint density at radius 2 is 1.95 bits per heavy atom. The van der Waals surface area contributed by atoms with E-state index in [1.807, 2.05) is 0 Å². The van der Waals surface area contributed by atoms with E-state index in [1.165, 1.54) is 13.0 Å². The van der Waals surface area contributed by atoms with Crippen molar-refractivity contribution in [3.8, 4) is 17.3 Å². The zero-order chi connectivity index (χ0) is 29.3. The van der Waals surface area contributed by atoms with Crippen LogP contribution in [0.2, 0.25) is 10.0 Å². The molecule has 2 aromatic heterocycles. The second-order valence-electron chi connectivity index (χ2n) is 8.72. The van der Waals surface area contributed by atoms with Crippen LogP contribution in [0.3, 0.4) is 0 Å². The molecule has 41 heavy (non-hydrogen) atoms. The second kappa shape index (κ2) is 11.4. The fourth-order valence-corrected chi connectivity index (χ4v) is 4.48. The molecule has 208 valence electrons. The van der Waals surface area contributed by atoms with Crippen molar-refractivity contribution in [2.24, 2.45) is 5.10 Å². The maximum Gasteiger partial charge on any atom is 0.347 e. The molecule has 5 rings (SSSR count). The Labute approximate surface area is 241 Å². The summed E-state index contributed by atoms with van der Waals surface area (Å²) < 4.78 is 17.6. The van der Waals surface area contributed by atoms with Crippen molar-refractivity contribution in [2.45, 2.75) is 20.0 Å². The third-order valence-electron chi connectivity index (χ3n) is 5.94. The number of fused-ring (bicyclic) bond motifs is 2. The Morgan fingerprint density at radius 3 is 2.71 bits per heavy atom. The third-order valence-corrected chi connectivity index (χ3v) is 6.39. The Morgan fingerprint density at radius 1 is 1.17 bits per heavy atom. The largest absolute Gasteiger partial charge is 0.471 e. The number of hydrogen-bond donors (Lipinski definition) is 0. The fourth-order valence-electron chi connectivity index (χ4n) is 4.08. The molecule has 0 radical (unpaired) electrons. The first-order chi connectivity index (χ1) is 19.7. The second-order valence-corrected chi connectivity index (χ2v) is 9.59. The molecule has 0 N–H and O–H groups in total. The monoisotopic (exact) mass is 594 g/mol. The molecule has 0 fully saturated rings. The molecule has 0 aliphatic carbocycles. The lowest BCUT2D eigenvalue weighted by Gasteiger charge is -2.15. The van der Waals surface area contributed by atoms with Gasteiger partial charge in [0.1, 0.15) is 5.58 Å². The number of hydrogen-bond acceptors (Lipinski definition) is 9. The number of aromatic nitrogens is 2.